The molecule has 152 valence electrons. The zero-order chi connectivity index (χ0) is 21.2. The zero-order valence-corrected chi connectivity index (χ0v) is 15.5. The van der Waals surface area contributed by atoms with E-state index in [1.54, 1.807) is 37.3 Å². The highest BCUT2D eigenvalue weighted by molar-refractivity contribution is 6.40. The molecule has 0 aliphatic carbocycles. The molecule has 0 saturated heterocycles. The number of benzene rings is 2. The molecule has 6 nitrogen and oxygen atoms in total. The fourth-order valence-corrected chi connectivity index (χ4v) is 2.94. The molecule has 2 amide bonds. The Morgan fingerprint density at radius 1 is 1.17 bits per heavy atom. The number of hydrogen-bond acceptors (Lipinski definition) is 4. The van der Waals surface area contributed by atoms with Gasteiger partial charge in [-0.3, -0.25) is 9.59 Å². The first-order chi connectivity index (χ1) is 13.6. The first-order valence-corrected chi connectivity index (χ1v) is 8.89. The van der Waals surface area contributed by atoms with Crippen LogP contribution in [0.2, 0.25) is 0 Å². The number of alkyl halides is 3. The van der Waals surface area contributed by atoms with Crippen LogP contribution in [-0.2, 0) is 15.8 Å². The third kappa shape index (κ3) is 4.74. The van der Waals surface area contributed by atoms with E-state index in [-0.39, 0.29) is 35.7 Å². The molecule has 0 aromatic heterocycles. The minimum absolute atomic E-state index is 0.0493. The van der Waals surface area contributed by atoms with Crippen molar-refractivity contribution in [2.75, 3.05) is 10.7 Å². The number of rotatable bonds is 4. The standard InChI is InChI=1S/C20H19F3N4O2/c1-12(13-9-14(20(21,22)23)11-15(24)10-13)25-19(29)17-7-8-18(28)27(26-17)16-5-3-2-4-6-16/h2-6,9-12H,7-8,24H2,1H3,(H,25,29)/t12-/m1/s1. The smallest absolute Gasteiger partial charge is 0.399 e. The van der Waals surface area contributed by atoms with Gasteiger partial charge in [0, 0.05) is 18.5 Å². The van der Waals surface area contributed by atoms with E-state index in [0.717, 1.165) is 17.1 Å². The molecule has 3 rings (SSSR count). The van der Waals surface area contributed by atoms with Gasteiger partial charge in [-0.1, -0.05) is 18.2 Å². The number of nitrogens with two attached hydrogens (primary N) is 1. The van der Waals surface area contributed by atoms with Crippen LogP contribution >= 0.6 is 0 Å². The van der Waals surface area contributed by atoms with Gasteiger partial charge < -0.3 is 11.1 Å². The van der Waals surface area contributed by atoms with Crippen molar-refractivity contribution in [3.8, 4) is 0 Å². The van der Waals surface area contributed by atoms with Crippen molar-refractivity contribution >= 4 is 28.9 Å². The van der Waals surface area contributed by atoms with Crippen molar-refractivity contribution in [3.63, 3.8) is 0 Å². The van der Waals surface area contributed by atoms with E-state index in [1.165, 1.54) is 6.07 Å². The molecule has 1 aliphatic heterocycles. The summed E-state index contributed by atoms with van der Waals surface area (Å²) in [4.78, 5) is 24.7. The van der Waals surface area contributed by atoms with Crippen molar-refractivity contribution in [1.82, 2.24) is 5.32 Å². The first kappa shape index (κ1) is 20.4. The van der Waals surface area contributed by atoms with Crippen LogP contribution in [0.25, 0.3) is 0 Å². The van der Waals surface area contributed by atoms with E-state index in [9.17, 15) is 22.8 Å². The van der Waals surface area contributed by atoms with Gasteiger partial charge in [0.1, 0.15) is 5.71 Å². The number of hydrogen-bond donors (Lipinski definition) is 2. The second-order valence-electron chi connectivity index (χ2n) is 6.67. The maximum atomic E-state index is 13.0. The summed E-state index contributed by atoms with van der Waals surface area (Å²) in [5, 5.41) is 7.92. The van der Waals surface area contributed by atoms with Gasteiger partial charge >= 0.3 is 6.18 Å². The molecule has 1 atom stereocenters. The van der Waals surface area contributed by atoms with Crippen molar-refractivity contribution in [2.24, 2.45) is 5.10 Å². The highest BCUT2D eigenvalue weighted by Gasteiger charge is 2.32. The molecular formula is C20H19F3N4O2. The number of nitrogen functional groups attached to an aromatic ring is 1. The van der Waals surface area contributed by atoms with E-state index in [0.29, 0.717) is 5.69 Å². The lowest BCUT2D eigenvalue weighted by Gasteiger charge is -2.24. The van der Waals surface area contributed by atoms with Crippen molar-refractivity contribution in [2.45, 2.75) is 32.0 Å². The van der Waals surface area contributed by atoms with Crippen LogP contribution in [0.3, 0.4) is 0 Å². The molecule has 0 saturated carbocycles. The molecule has 0 fully saturated rings. The average Bonchev–Trinajstić information content (AvgIpc) is 2.67. The number of halogens is 3. The molecule has 0 spiro atoms. The maximum absolute atomic E-state index is 13.0. The Morgan fingerprint density at radius 3 is 2.52 bits per heavy atom. The van der Waals surface area contributed by atoms with E-state index >= 15 is 0 Å². The Bertz CT molecular complexity index is 958. The third-order valence-electron chi connectivity index (χ3n) is 4.45. The number of nitrogens with zero attached hydrogens (tertiary/aromatic N) is 2. The van der Waals surface area contributed by atoms with Gasteiger partial charge in [0.15, 0.2) is 0 Å². The Hall–Kier alpha value is -3.36. The summed E-state index contributed by atoms with van der Waals surface area (Å²) >= 11 is 0. The molecule has 29 heavy (non-hydrogen) atoms. The third-order valence-corrected chi connectivity index (χ3v) is 4.45. The fourth-order valence-electron chi connectivity index (χ4n) is 2.94. The minimum atomic E-state index is -4.54. The predicted molar refractivity (Wildman–Crippen MR) is 103 cm³/mol. The van der Waals surface area contributed by atoms with Crippen LogP contribution in [0.1, 0.15) is 36.9 Å². The molecule has 1 aliphatic rings. The summed E-state index contributed by atoms with van der Waals surface area (Å²) < 4.78 is 39.0. The topological polar surface area (TPSA) is 87.8 Å². The lowest BCUT2D eigenvalue weighted by Crippen LogP contribution is -2.40. The highest BCUT2D eigenvalue weighted by Crippen LogP contribution is 2.32. The summed E-state index contributed by atoms with van der Waals surface area (Å²) in [6.07, 6.45) is -4.30. The van der Waals surface area contributed by atoms with E-state index in [4.69, 9.17) is 5.73 Å². The van der Waals surface area contributed by atoms with E-state index < -0.39 is 23.7 Å². The molecule has 3 N–H and O–H groups in total. The molecule has 0 unspecified atom stereocenters. The van der Waals surface area contributed by atoms with Crippen molar-refractivity contribution < 1.29 is 22.8 Å². The lowest BCUT2D eigenvalue weighted by molar-refractivity contribution is -0.137. The summed E-state index contributed by atoms with van der Waals surface area (Å²) in [5.41, 5.74) is 5.53. The van der Waals surface area contributed by atoms with Crippen molar-refractivity contribution in [3.05, 3.63) is 59.7 Å². The van der Waals surface area contributed by atoms with E-state index in [2.05, 4.69) is 10.4 Å². The van der Waals surface area contributed by atoms with Gasteiger partial charge in [-0.2, -0.15) is 18.3 Å². The Labute approximate surface area is 165 Å². The second kappa shape index (κ2) is 7.94. The monoisotopic (exact) mass is 404 g/mol. The molecule has 1 heterocycles. The maximum Gasteiger partial charge on any atom is 0.416 e. The molecule has 0 bridgehead atoms. The molecule has 2 aromatic carbocycles. The number of carbonyl (C=O) groups excluding carboxylic acids is 2. The van der Waals surface area contributed by atoms with Crippen LogP contribution in [0.5, 0.6) is 0 Å². The average molecular weight is 404 g/mol. The highest BCUT2D eigenvalue weighted by atomic mass is 19.4. The normalized spacial score (nSPS) is 15.7. The number of carbonyl (C=O) groups is 2. The summed E-state index contributed by atoms with van der Waals surface area (Å²) in [7, 11) is 0. The van der Waals surface area contributed by atoms with Gasteiger partial charge in [0.25, 0.3) is 5.91 Å². The quantitative estimate of drug-likeness (QED) is 0.763. The van der Waals surface area contributed by atoms with Gasteiger partial charge in [0.2, 0.25) is 5.91 Å². The lowest BCUT2D eigenvalue weighted by atomic mass is 10.0. The Morgan fingerprint density at radius 2 is 1.86 bits per heavy atom. The second-order valence-corrected chi connectivity index (χ2v) is 6.67. The molecule has 0 radical (unpaired) electrons. The van der Waals surface area contributed by atoms with Crippen LogP contribution in [0.15, 0.2) is 53.6 Å². The summed E-state index contributed by atoms with van der Waals surface area (Å²) in [5.74, 6) is -0.798. The summed E-state index contributed by atoms with van der Waals surface area (Å²) in [6.45, 7) is 1.55. The van der Waals surface area contributed by atoms with Crippen LogP contribution in [0, 0.1) is 0 Å². The van der Waals surface area contributed by atoms with Gasteiger partial charge in [-0.05, 0) is 42.8 Å². The number of para-hydroxylation sites is 1. The Balaban J connectivity index is 1.79. The number of hydrazone groups is 1. The first-order valence-electron chi connectivity index (χ1n) is 8.89. The van der Waals surface area contributed by atoms with Crippen molar-refractivity contribution in [1.29, 1.82) is 0 Å². The number of amides is 2. The fraction of sp³-hybridized carbons (Fsp3) is 0.250. The van der Waals surface area contributed by atoms with Crippen LogP contribution in [0.4, 0.5) is 24.5 Å². The molecule has 9 heteroatoms. The Kier molecular flexibility index (Phi) is 5.58. The molecular weight excluding hydrogens is 385 g/mol. The van der Waals surface area contributed by atoms with Gasteiger partial charge in [-0.15, -0.1) is 0 Å². The largest absolute Gasteiger partial charge is 0.416 e. The molecule has 2 aromatic rings. The number of anilines is 2. The SMILES string of the molecule is C[C@@H](NC(=O)C1=NN(c2ccccc2)C(=O)CC1)c1cc(N)cc(C(F)(F)F)c1. The van der Waals surface area contributed by atoms with Crippen LogP contribution in [-0.4, -0.2) is 17.5 Å². The van der Waals surface area contributed by atoms with Crippen LogP contribution < -0.4 is 16.1 Å². The van der Waals surface area contributed by atoms with Gasteiger partial charge in [0.05, 0.1) is 17.3 Å². The number of nitrogens with one attached hydrogen (secondary N) is 1. The van der Waals surface area contributed by atoms with Gasteiger partial charge in [-0.25, -0.2) is 5.01 Å². The zero-order valence-electron chi connectivity index (χ0n) is 15.5. The predicted octanol–water partition coefficient (Wildman–Crippen LogP) is 3.65. The minimum Gasteiger partial charge on any atom is -0.399 e. The van der Waals surface area contributed by atoms with E-state index in [1.807, 2.05) is 0 Å². The summed E-state index contributed by atoms with van der Waals surface area (Å²) in [6, 6.07) is 11.1.